The van der Waals surface area contributed by atoms with E-state index in [2.05, 4.69) is 15.3 Å². The SMILES string of the molecule is CSc1nc(C)c(C=O)c(Nc2ccc(C(=O)OC(C)(C)C)cc2)n1. The molecule has 6 nitrogen and oxygen atoms in total. The zero-order chi connectivity index (χ0) is 18.6. The van der Waals surface area contributed by atoms with E-state index < -0.39 is 5.60 Å². The molecule has 1 N–H and O–H groups in total. The molecule has 0 saturated heterocycles. The van der Waals surface area contributed by atoms with Crippen molar-refractivity contribution < 1.29 is 14.3 Å². The number of nitrogens with one attached hydrogen (secondary N) is 1. The van der Waals surface area contributed by atoms with Gasteiger partial charge >= 0.3 is 5.97 Å². The third kappa shape index (κ3) is 5.03. The van der Waals surface area contributed by atoms with Gasteiger partial charge in [0.05, 0.1) is 16.8 Å². The number of benzene rings is 1. The van der Waals surface area contributed by atoms with E-state index in [4.69, 9.17) is 4.74 Å². The van der Waals surface area contributed by atoms with Crippen molar-refractivity contribution in [3.8, 4) is 0 Å². The van der Waals surface area contributed by atoms with E-state index in [1.54, 1.807) is 31.2 Å². The van der Waals surface area contributed by atoms with Gasteiger partial charge in [0, 0.05) is 5.69 Å². The second-order valence-corrected chi connectivity index (χ2v) is 7.15. The Morgan fingerprint density at radius 2 is 1.84 bits per heavy atom. The highest BCUT2D eigenvalue weighted by molar-refractivity contribution is 7.98. The summed E-state index contributed by atoms with van der Waals surface area (Å²) < 4.78 is 5.34. The Bertz CT molecular complexity index is 783. The van der Waals surface area contributed by atoms with Crippen LogP contribution in [0.4, 0.5) is 11.5 Å². The number of anilines is 2. The molecule has 25 heavy (non-hydrogen) atoms. The second kappa shape index (κ2) is 7.65. The minimum atomic E-state index is -0.542. The molecule has 2 rings (SSSR count). The van der Waals surface area contributed by atoms with Gasteiger partial charge in [-0.25, -0.2) is 14.8 Å². The quantitative estimate of drug-likeness (QED) is 0.374. The fourth-order valence-corrected chi connectivity index (χ4v) is 2.46. The zero-order valence-corrected chi connectivity index (χ0v) is 15.7. The van der Waals surface area contributed by atoms with Crippen LogP contribution in [0.3, 0.4) is 0 Å². The summed E-state index contributed by atoms with van der Waals surface area (Å²) in [6.07, 6.45) is 2.60. The highest BCUT2D eigenvalue weighted by Crippen LogP contribution is 2.23. The second-order valence-electron chi connectivity index (χ2n) is 6.38. The van der Waals surface area contributed by atoms with E-state index >= 15 is 0 Å². The van der Waals surface area contributed by atoms with Gasteiger partial charge in [-0.3, -0.25) is 4.79 Å². The molecule has 7 heteroatoms. The van der Waals surface area contributed by atoms with Crippen LogP contribution < -0.4 is 5.32 Å². The molecule has 0 spiro atoms. The third-order valence-electron chi connectivity index (χ3n) is 3.20. The zero-order valence-electron chi connectivity index (χ0n) is 14.9. The molecule has 0 aliphatic rings. The Morgan fingerprint density at radius 1 is 1.20 bits per heavy atom. The van der Waals surface area contributed by atoms with Gasteiger partial charge in [-0.15, -0.1) is 0 Å². The first-order valence-corrected chi connectivity index (χ1v) is 8.94. The molecule has 0 bridgehead atoms. The van der Waals surface area contributed by atoms with Gasteiger partial charge in [0.25, 0.3) is 0 Å². The molecule has 0 fully saturated rings. The number of hydrogen-bond acceptors (Lipinski definition) is 7. The maximum Gasteiger partial charge on any atom is 0.338 e. The van der Waals surface area contributed by atoms with Gasteiger partial charge in [-0.05, 0) is 58.2 Å². The summed E-state index contributed by atoms with van der Waals surface area (Å²) in [5, 5.41) is 3.69. The van der Waals surface area contributed by atoms with Crippen molar-refractivity contribution in [1.82, 2.24) is 9.97 Å². The number of aldehydes is 1. The average Bonchev–Trinajstić information content (AvgIpc) is 2.53. The van der Waals surface area contributed by atoms with Crippen LogP contribution >= 0.6 is 11.8 Å². The highest BCUT2D eigenvalue weighted by atomic mass is 32.2. The molecule has 2 aromatic rings. The lowest BCUT2D eigenvalue weighted by atomic mass is 10.1. The molecule has 0 aliphatic heterocycles. The summed E-state index contributed by atoms with van der Waals surface area (Å²) in [6.45, 7) is 7.23. The topological polar surface area (TPSA) is 81.2 Å². The first-order chi connectivity index (χ1) is 11.7. The molecule has 1 heterocycles. The fraction of sp³-hybridized carbons (Fsp3) is 0.333. The van der Waals surface area contributed by atoms with E-state index in [9.17, 15) is 9.59 Å². The summed E-state index contributed by atoms with van der Waals surface area (Å²) in [5.41, 5.74) is 1.65. The van der Waals surface area contributed by atoms with Crippen LogP contribution in [0.2, 0.25) is 0 Å². The number of esters is 1. The van der Waals surface area contributed by atoms with Crippen molar-refractivity contribution in [3.05, 3.63) is 41.1 Å². The maximum absolute atomic E-state index is 12.0. The first kappa shape index (κ1) is 18.9. The van der Waals surface area contributed by atoms with Crippen LogP contribution in [0.25, 0.3) is 0 Å². The molecule has 132 valence electrons. The van der Waals surface area contributed by atoms with Crippen LogP contribution in [-0.4, -0.2) is 34.1 Å². The van der Waals surface area contributed by atoms with Gasteiger partial charge < -0.3 is 10.1 Å². The van der Waals surface area contributed by atoms with Crippen LogP contribution in [0.1, 0.15) is 47.2 Å². The summed E-state index contributed by atoms with van der Waals surface area (Å²) in [6, 6.07) is 6.81. The largest absolute Gasteiger partial charge is 0.456 e. The van der Waals surface area contributed by atoms with E-state index in [-0.39, 0.29) is 5.97 Å². The van der Waals surface area contributed by atoms with Crippen LogP contribution in [0.15, 0.2) is 29.4 Å². The molecule has 1 aromatic heterocycles. The summed E-state index contributed by atoms with van der Waals surface area (Å²) in [5.74, 6) is 0.0621. The number of aromatic nitrogens is 2. The predicted octanol–water partition coefficient (Wildman–Crippen LogP) is 4.02. The Labute approximate surface area is 151 Å². The van der Waals surface area contributed by atoms with Gasteiger partial charge in [0.2, 0.25) is 0 Å². The molecule has 0 amide bonds. The minimum absolute atomic E-state index is 0.379. The average molecular weight is 359 g/mol. The fourth-order valence-electron chi connectivity index (χ4n) is 2.05. The number of ether oxygens (including phenoxy) is 1. The molecule has 0 aliphatic carbocycles. The van der Waals surface area contributed by atoms with Crippen molar-refractivity contribution in [2.24, 2.45) is 0 Å². The normalized spacial score (nSPS) is 11.1. The number of rotatable bonds is 5. The standard InChI is InChI=1S/C18H21N3O3S/c1-11-14(10-22)15(21-17(19-11)25-5)20-13-8-6-12(7-9-13)16(23)24-18(2,3)4/h6-10H,1-5H3,(H,19,20,21). The number of hydrogen-bond donors (Lipinski definition) is 1. The van der Waals surface area contributed by atoms with Crippen molar-refractivity contribution in [3.63, 3.8) is 0 Å². The highest BCUT2D eigenvalue weighted by Gasteiger charge is 2.18. The van der Waals surface area contributed by atoms with Crippen molar-refractivity contribution in [2.45, 2.75) is 38.5 Å². The monoisotopic (exact) mass is 359 g/mol. The Kier molecular flexibility index (Phi) is 5.79. The number of nitrogens with zero attached hydrogens (tertiary/aromatic N) is 2. The summed E-state index contributed by atoms with van der Waals surface area (Å²) in [4.78, 5) is 32.0. The van der Waals surface area contributed by atoms with Gasteiger partial charge in [-0.1, -0.05) is 11.8 Å². The molecule has 0 atom stereocenters. The molecule has 1 aromatic carbocycles. The number of carbonyl (C=O) groups excluding carboxylic acids is 2. The Morgan fingerprint density at radius 3 is 2.36 bits per heavy atom. The van der Waals surface area contributed by atoms with E-state index in [1.807, 2.05) is 27.0 Å². The van der Waals surface area contributed by atoms with Crippen molar-refractivity contribution in [1.29, 1.82) is 0 Å². The minimum Gasteiger partial charge on any atom is -0.456 e. The Balaban J connectivity index is 2.23. The summed E-state index contributed by atoms with van der Waals surface area (Å²) >= 11 is 1.40. The molecular formula is C18H21N3O3S. The van der Waals surface area contributed by atoms with E-state index in [0.717, 1.165) is 6.29 Å². The molecular weight excluding hydrogens is 338 g/mol. The van der Waals surface area contributed by atoms with Gasteiger partial charge in [0.15, 0.2) is 11.4 Å². The Hall–Kier alpha value is -2.41. The number of carbonyl (C=O) groups is 2. The third-order valence-corrected chi connectivity index (χ3v) is 3.75. The van der Waals surface area contributed by atoms with Gasteiger partial charge in [0.1, 0.15) is 11.4 Å². The predicted molar refractivity (Wildman–Crippen MR) is 98.8 cm³/mol. The van der Waals surface area contributed by atoms with E-state index in [0.29, 0.717) is 33.5 Å². The van der Waals surface area contributed by atoms with Gasteiger partial charge in [-0.2, -0.15) is 0 Å². The van der Waals surface area contributed by atoms with Crippen molar-refractivity contribution in [2.75, 3.05) is 11.6 Å². The van der Waals surface area contributed by atoms with E-state index in [1.165, 1.54) is 11.8 Å². The molecule has 0 unspecified atom stereocenters. The van der Waals surface area contributed by atoms with Crippen LogP contribution in [0.5, 0.6) is 0 Å². The lowest BCUT2D eigenvalue weighted by Crippen LogP contribution is -2.23. The number of aryl methyl sites for hydroxylation is 1. The molecule has 0 radical (unpaired) electrons. The maximum atomic E-state index is 12.0. The number of thioether (sulfide) groups is 1. The van der Waals surface area contributed by atoms with Crippen LogP contribution in [-0.2, 0) is 4.74 Å². The van der Waals surface area contributed by atoms with Crippen molar-refractivity contribution >= 4 is 35.5 Å². The smallest absolute Gasteiger partial charge is 0.338 e. The summed E-state index contributed by atoms with van der Waals surface area (Å²) in [7, 11) is 0. The first-order valence-electron chi connectivity index (χ1n) is 7.71. The molecule has 0 saturated carbocycles. The lowest BCUT2D eigenvalue weighted by molar-refractivity contribution is 0.00695. The lowest BCUT2D eigenvalue weighted by Gasteiger charge is -2.19. The van der Waals surface area contributed by atoms with Crippen LogP contribution in [0, 0.1) is 6.92 Å².